The molecule has 0 radical (unpaired) electrons. The van der Waals surface area contributed by atoms with Gasteiger partial charge < -0.3 is 9.88 Å². The van der Waals surface area contributed by atoms with Gasteiger partial charge in [-0.05, 0) is 24.1 Å². The molecule has 0 aliphatic carbocycles. The molecule has 7 heteroatoms. The fraction of sp³-hybridized carbons (Fsp3) is 0.222. The predicted molar refractivity (Wildman–Crippen MR) is 98.0 cm³/mol. The zero-order chi connectivity index (χ0) is 17.6. The first kappa shape index (κ1) is 17.2. The van der Waals surface area contributed by atoms with E-state index in [9.17, 15) is 4.79 Å². The summed E-state index contributed by atoms with van der Waals surface area (Å²) in [4.78, 5) is 16.1. The molecule has 128 valence electrons. The molecule has 0 fully saturated rings. The summed E-state index contributed by atoms with van der Waals surface area (Å²) in [5.41, 5.74) is 3.16. The number of carbonyl (C=O) groups excluding carboxylic acids is 1. The van der Waals surface area contributed by atoms with Crippen molar-refractivity contribution < 1.29 is 4.79 Å². The van der Waals surface area contributed by atoms with E-state index in [4.69, 9.17) is 0 Å². The fourth-order valence-corrected chi connectivity index (χ4v) is 3.12. The van der Waals surface area contributed by atoms with Crippen LogP contribution in [0.1, 0.15) is 11.1 Å². The lowest BCUT2D eigenvalue weighted by atomic mass is 10.1. The number of aromatic nitrogens is 4. The number of nitrogens with one attached hydrogen (secondary N) is 1. The molecule has 6 nitrogen and oxygen atoms in total. The standard InChI is InChI=1S/C18H19N5OS/c1-13-6-3-4-8-15(13)17-21-22-18(23(17)2)25-12-16(24)20-11-14-7-5-9-19-10-14/h3-10H,11-12H2,1-2H3,(H,20,24). The van der Waals surface area contributed by atoms with Gasteiger partial charge in [-0.1, -0.05) is 42.1 Å². The summed E-state index contributed by atoms with van der Waals surface area (Å²) in [5.74, 6) is 1.05. The maximum atomic E-state index is 12.0. The molecule has 1 amide bonds. The second kappa shape index (κ2) is 7.94. The normalized spacial score (nSPS) is 10.6. The Bertz CT molecular complexity index is 863. The molecule has 0 aliphatic rings. The summed E-state index contributed by atoms with van der Waals surface area (Å²) >= 11 is 1.37. The minimum atomic E-state index is -0.0469. The van der Waals surface area contributed by atoms with Crippen LogP contribution in [-0.4, -0.2) is 31.4 Å². The van der Waals surface area contributed by atoms with Gasteiger partial charge in [0.05, 0.1) is 5.75 Å². The molecule has 2 aromatic heterocycles. The van der Waals surface area contributed by atoms with Crippen LogP contribution < -0.4 is 5.32 Å². The van der Waals surface area contributed by atoms with Crippen LogP contribution in [0, 0.1) is 6.92 Å². The van der Waals surface area contributed by atoms with Gasteiger partial charge in [-0.15, -0.1) is 10.2 Å². The summed E-state index contributed by atoms with van der Waals surface area (Å²) in [7, 11) is 1.91. The van der Waals surface area contributed by atoms with Crippen molar-refractivity contribution in [1.29, 1.82) is 0 Å². The second-order valence-corrected chi connectivity index (χ2v) is 6.55. The Labute approximate surface area is 150 Å². The quantitative estimate of drug-likeness (QED) is 0.690. The Morgan fingerprint density at radius 1 is 1.20 bits per heavy atom. The highest BCUT2D eigenvalue weighted by Gasteiger charge is 2.14. The van der Waals surface area contributed by atoms with Gasteiger partial charge in [0.25, 0.3) is 0 Å². The van der Waals surface area contributed by atoms with Gasteiger partial charge in [-0.2, -0.15) is 0 Å². The highest BCUT2D eigenvalue weighted by atomic mass is 32.2. The van der Waals surface area contributed by atoms with Crippen LogP contribution in [0.25, 0.3) is 11.4 Å². The van der Waals surface area contributed by atoms with E-state index in [1.54, 1.807) is 12.4 Å². The number of amides is 1. The maximum Gasteiger partial charge on any atom is 0.230 e. The van der Waals surface area contributed by atoms with Crippen LogP contribution in [0.3, 0.4) is 0 Å². The molecule has 3 rings (SSSR count). The molecule has 0 unspecified atom stereocenters. The molecular formula is C18H19N5OS. The number of hydrogen-bond donors (Lipinski definition) is 1. The second-order valence-electron chi connectivity index (χ2n) is 5.61. The van der Waals surface area contributed by atoms with Crippen LogP contribution in [0.15, 0.2) is 53.9 Å². The average molecular weight is 353 g/mol. The van der Waals surface area contributed by atoms with E-state index in [1.807, 2.05) is 54.9 Å². The third-order valence-electron chi connectivity index (χ3n) is 3.77. The maximum absolute atomic E-state index is 12.0. The van der Waals surface area contributed by atoms with Crippen molar-refractivity contribution in [2.45, 2.75) is 18.6 Å². The minimum absolute atomic E-state index is 0.0469. The first-order valence-corrected chi connectivity index (χ1v) is 8.87. The summed E-state index contributed by atoms with van der Waals surface area (Å²) < 4.78 is 1.92. The number of benzene rings is 1. The molecular weight excluding hydrogens is 334 g/mol. The lowest BCUT2D eigenvalue weighted by Gasteiger charge is -2.07. The van der Waals surface area contributed by atoms with Gasteiger partial charge in [-0.25, -0.2) is 0 Å². The first-order chi connectivity index (χ1) is 12.1. The molecule has 2 heterocycles. The van der Waals surface area contributed by atoms with Gasteiger partial charge in [0.1, 0.15) is 0 Å². The Kier molecular flexibility index (Phi) is 5.45. The van der Waals surface area contributed by atoms with Crippen molar-refractivity contribution in [3.8, 4) is 11.4 Å². The number of rotatable bonds is 6. The summed E-state index contributed by atoms with van der Waals surface area (Å²) in [6.07, 6.45) is 3.45. The smallest absolute Gasteiger partial charge is 0.230 e. The van der Waals surface area contributed by atoms with Crippen molar-refractivity contribution in [3.05, 3.63) is 59.9 Å². The SMILES string of the molecule is Cc1ccccc1-c1nnc(SCC(=O)NCc2cccnc2)n1C. The Morgan fingerprint density at radius 2 is 2.04 bits per heavy atom. The van der Waals surface area contributed by atoms with Crippen molar-refractivity contribution in [1.82, 2.24) is 25.1 Å². The Morgan fingerprint density at radius 3 is 2.80 bits per heavy atom. The van der Waals surface area contributed by atoms with E-state index in [0.29, 0.717) is 12.3 Å². The van der Waals surface area contributed by atoms with Crippen molar-refractivity contribution >= 4 is 17.7 Å². The monoisotopic (exact) mass is 353 g/mol. The Hall–Kier alpha value is -2.67. The zero-order valence-electron chi connectivity index (χ0n) is 14.1. The van der Waals surface area contributed by atoms with E-state index in [2.05, 4.69) is 20.5 Å². The van der Waals surface area contributed by atoms with Gasteiger partial charge in [0.15, 0.2) is 11.0 Å². The average Bonchev–Trinajstić information content (AvgIpc) is 3.00. The van der Waals surface area contributed by atoms with Crippen LogP contribution in [0.2, 0.25) is 0 Å². The van der Waals surface area contributed by atoms with E-state index < -0.39 is 0 Å². The third kappa shape index (κ3) is 4.24. The minimum Gasteiger partial charge on any atom is -0.351 e. The van der Waals surface area contributed by atoms with Crippen LogP contribution >= 0.6 is 11.8 Å². The zero-order valence-corrected chi connectivity index (χ0v) is 15.0. The van der Waals surface area contributed by atoms with Crippen molar-refractivity contribution in [3.63, 3.8) is 0 Å². The number of nitrogens with zero attached hydrogens (tertiary/aromatic N) is 4. The van der Waals surface area contributed by atoms with E-state index in [1.165, 1.54) is 11.8 Å². The number of hydrogen-bond acceptors (Lipinski definition) is 5. The van der Waals surface area contributed by atoms with Crippen molar-refractivity contribution in [2.24, 2.45) is 7.05 Å². The van der Waals surface area contributed by atoms with Gasteiger partial charge in [0.2, 0.25) is 5.91 Å². The summed E-state index contributed by atoms with van der Waals surface area (Å²) in [6, 6.07) is 11.8. The van der Waals surface area contributed by atoms with Crippen LogP contribution in [-0.2, 0) is 18.4 Å². The molecule has 1 aromatic carbocycles. The predicted octanol–water partition coefficient (Wildman–Crippen LogP) is 2.59. The number of thioether (sulfide) groups is 1. The summed E-state index contributed by atoms with van der Waals surface area (Å²) in [5, 5.41) is 12.1. The van der Waals surface area contributed by atoms with E-state index in [0.717, 1.165) is 27.7 Å². The highest BCUT2D eigenvalue weighted by Crippen LogP contribution is 2.24. The van der Waals surface area contributed by atoms with Gasteiger partial charge in [-0.3, -0.25) is 9.78 Å². The number of aryl methyl sites for hydroxylation is 1. The molecule has 3 aromatic rings. The molecule has 0 aliphatic heterocycles. The fourth-order valence-electron chi connectivity index (χ4n) is 2.38. The number of carbonyl (C=O) groups is 1. The van der Waals surface area contributed by atoms with Gasteiger partial charge in [0, 0.05) is 31.5 Å². The van der Waals surface area contributed by atoms with Crippen LogP contribution in [0.5, 0.6) is 0 Å². The third-order valence-corrected chi connectivity index (χ3v) is 4.79. The Balaban J connectivity index is 1.59. The van der Waals surface area contributed by atoms with Gasteiger partial charge >= 0.3 is 0 Å². The summed E-state index contributed by atoms with van der Waals surface area (Å²) in [6.45, 7) is 2.52. The highest BCUT2D eigenvalue weighted by molar-refractivity contribution is 7.99. The van der Waals surface area contributed by atoms with Crippen LogP contribution in [0.4, 0.5) is 0 Å². The van der Waals surface area contributed by atoms with E-state index >= 15 is 0 Å². The lowest BCUT2D eigenvalue weighted by Crippen LogP contribution is -2.24. The molecule has 0 bridgehead atoms. The molecule has 1 N–H and O–H groups in total. The first-order valence-electron chi connectivity index (χ1n) is 7.89. The largest absolute Gasteiger partial charge is 0.351 e. The lowest BCUT2D eigenvalue weighted by molar-refractivity contribution is -0.118. The topological polar surface area (TPSA) is 72.7 Å². The molecule has 25 heavy (non-hydrogen) atoms. The van der Waals surface area contributed by atoms with Crippen molar-refractivity contribution in [2.75, 3.05) is 5.75 Å². The molecule has 0 spiro atoms. The number of pyridine rings is 1. The molecule has 0 atom stereocenters. The van der Waals surface area contributed by atoms with E-state index in [-0.39, 0.29) is 5.91 Å². The molecule has 0 saturated heterocycles. The molecule has 0 saturated carbocycles.